The minimum absolute atomic E-state index is 0.00222. The molecule has 0 saturated carbocycles. The Labute approximate surface area is 190 Å². The molecule has 32 heavy (non-hydrogen) atoms. The van der Waals surface area contributed by atoms with E-state index < -0.39 is 0 Å². The summed E-state index contributed by atoms with van der Waals surface area (Å²) in [5.41, 5.74) is 6.69. The van der Waals surface area contributed by atoms with Crippen LogP contribution in [-0.2, 0) is 9.59 Å². The van der Waals surface area contributed by atoms with Gasteiger partial charge in [0.15, 0.2) is 0 Å². The smallest absolute Gasteiger partial charge is 0.144 e. The summed E-state index contributed by atoms with van der Waals surface area (Å²) in [7, 11) is 0. The summed E-state index contributed by atoms with van der Waals surface area (Å²) in [6.07, 6.45) is 10.0. The largest absolute Gasteiger partial charge is 0.301 e. The number of allylic oxidation sites excluding steroid dienone is 1. The van der Waals surface area contributed by atoms with Gasteiger partial charge in [0.05, 0.1) is 22.8 Å². The van der Waals surface area contributed by atoms with Crippen molar-refractivity contribution < 1.29 is 9.59 Å². The number of carbonyl (C=O) groups excluding carboxylic acids is 2. The highest BCUT2D eigenvalue weighted by molar-refractivity contribution is 5.62. The first kappa shape index (κ1) is 23.8. The van der Waals surface area contributed by atoms with Crippen molar-refractivity contribution in [1.29, 1.82) is 0 Å². The lowest BCUT2D eigenvalue weighted by molar-refractivity contribution is -0.109. The highest BCUT2D eigenvalue weighted by Gasteiger charge is 2.27. The van der Waals surface area contributed by atoms with Crippen LogP contribution in [0.25, 0.3) is 6.08 Å². The zero-order chi connectivity index (χ0) is 23.4. The number of hydrogen-bond donors (Lipinski definition) is 0. The summed E-state index contributed by atoms with van der Waals surface area (Å²) >= 11 is 0. The van der Waals surface area contributed by atoms with Crippen molar-refractivity contribution in [2.24, 2.45) is 0 Å². The Morgan fingerprint density at radius 2 is 1.28 bits per heavy atom. The maximum atomic E-state index is 11.0. The first-order valence-corrected chi connectivity index (χ1v) is 11.5. The first-order chi connectivity index (χ1) is 15.3. The highest BCUT2D eigenvalue weighted by Crippen LogP contribution is 2.20. The van der Waals surface area contributed by atoms with E-state index in [0.717, 1.165) is 74.1 Å². The van der Waals surface area contributed by atoms with Gasteiger partial charge in [0.25, 0.3) is 0 Å². The third-order valence-electron chi connectivity index (χ3n) is 6.72. The van der Waals surface area contributed by atoms with E-state index in [9.17, 15) is 9.59 Å². The Morgan fingerprint density at radius 3 is 1.72 bits per heavy atom. The number of aryl methyl sites for hydroxylation is 1. The van der Waals surface area contributed by atoms with Gasteiger partial charge < -0.3 is 9.59 Å². The summed E-state index contributed by atoms with van der Waals surface area (Å²) in [5, 5.41) is 13.2. The molecule has 2 atom stereocenters. The molecule has 0 unspecified atom stereocenters. The fraction of sp³-hybridized carbons (Fsp3) is 0.583. The summed E-state index contributed by atoms with van der Waals surface area (Å²) < 4.78 is 0. The molecule has 2 aliphatic rings. The van der Waals surface area contributed by atoms with E-state index in [1.54, 1.807) is 0 Å². The molecule has 0 aromatic carbocycles. The predicted molar refractivity (Wildman–Crippen MR) is 127 cm³/mol. The van der Waals surface area contributed by atoms with Crippen molar-refractivity contribution in [3.05, 3.63) is 40.0 Å². The molecule has 0 N–H and O–H groups in total. The van der Waals surface area contributed by atoms with Crippen LogP contribution in [0.5, 0.6) is 0 Å². The molecule has 0 radical (unpaired) electrons. The van der Waals surface area contributed by atoms with Gasteiger partial charge in [0.1, 0.15) is 24.7 Å². The van der Waals surface area contributed by atoms with E-state index in [1.165, 1.54) is 11.1 Å². The number of aromatic nitrogens is 4. The second-order valence-corrected chi connectivity index (χ2v) is 8.69. The molecule has 4 heterocycles. The third kappa shape index (κ3) is 4.49. The molecule has 0 spiro atoms. The highest BCUT2D eigenvalue weighted by atomic mass is 16.1. The summed E-state index contributed by atoms with van der Waals surface area (Å²) in [5.74, 6) is 0. The van der Waals surface area contributed by atoms with Gasteiger partial charge in [-0.3, -0.25) is 10.0 Å². The van der Waals surface area contributed by atoms with Crippen molar-refractivity contribution in [1.82, 2.24) is 19.8 Å². The normalized spacial score (nSPS) is 20.7. The molecule has 2 aromatic heterocycles. The van der Waals surface area contributed by atoms with E-state index in [-0.39, 0.29) is 12.1 Å². The SMILES string of the molecule is C/C=C/c1nn(N2CCC[C@H]2C=O)c(C)c1C.Cc1nn(N2CCC[C@H]2C=O)c(C)c1C. The third-order valence-corrected chi connectivity index (χ3v) is 6.72. The number of carbonyl (C=O) groups is 2. The summed E-state index contributed by atoms with van der Waals surface area (Å²) in [6, 6.07) is -0.0196. The van der Waals surface area contributed by atoms with Crippen LogP contribution in [0.1, 0.15) is 66.5 Å². The molecule has 2 aromatic rings. The number of aldehydes is 2. The standard InChI is InChI=1S/C13H19N3O.C11H17N3O/c1-4-6-13-10(2)11(3)16(14-13)15-8-5-7-12(15)9-17;1-8-9(2)12-14(10(8)3)13-6-4-5-11(13)7-15/h4,6,9,12H,5,7-8H2,1-3H3;7,11H,4-6H2,1-3H3/b6-4+;/t12-;11-/m00/s1. The topological polar surface area (TPSA) is 76.3 Å². The molecule has 0 aliphatic carbocycles. The van der Waals surface area contributed by atoms with Crippen LogP contribution in [0, 0.1) is 34.6 Å². The van der Waals surface area contributed by atoms with Crippen LogP contribution in [0.3, 0.4) is 0 Å². The van der Waals surface area contributed by atoms with Gasteiger partial charge in [-0.05, 0) is 84.4 Å². The van der Waals surface area contributed by atoms with Crippen molar-refractivity contribution in [3.8, 4) is 0 Å². The Balaban J connectivity index is 0.000000182. The van der Waals surface area contributed by atoms with Gasteiger partial charge in [-0.2, -0.15) is 19.8 Å². The molecule has 0 bridgehead atoms. The predicted octanol–water partition coefficient (Wildman–Crippen LogP) is 2.94. The molecule has 4 rings (SSSR count). The number of hydrogen-bond acceptors (Lipinski definition) is 6. The molecule has 2 aliphatic heterocycles. The van der Waals surface area contributed by atoms with Gasteiger partial charge in [-0.15, -0.1) is 0 Å². The van der Waals surface area contributed by atoms with E-state index in [2.05, 4.69) is 47.9 Å². The quantitative estimate of drug-likeness (QED) is 0.666. The lowest BCUT2D eigenvalue weighted by Gasteiger charge is -2.23. The molecule has 2 fully saturated rings. The van der Waals surface area contributed by atoms with Crippen LogP contribution >= 0.6 is 0 Å². The molecular formula is C24H36N6O2. The Hall–Kier alpha value is -2.90. The van der Waals surface area contributed by atoms with Crippen LogP contribution in [0.2, 0.25) is 0 Å². The van der Waals surface area contributed by atoms with Crippen LogP contribution < -0.4 is 10.0 Å². The monoisotopic (exact) mass is 440 g/mol. The zero-order valence-electron chi connectivity index (χ0n) is 20.2. The Kier molecular flexibility index (Phi) is 7.53. The Morgan fingerprint density at radius 1 is 0.781 bits per heavy atom. The van der Waals surface area contributed by atoms with Crippen molar-refractivity contribution >= 4 is 18.6 Å². The van der Waals surface area contributed by atoms with Gasteiger partial charge in [0, 0.05) is 13.1 Å². The molecule has 2 saturated heterocycles. The van der Waals surface area contributed by atoms with E-state index in [4.69, 9.17) is 0 Å². The van der Waals surface area contributed by atoms with Crippen molar-refractivity contribution in [2.75, 3.05) is 23.1 Å². The number of nitrogens with zero attached hydrogens (tertiary/aromatic N) is 6. The molecule has 8 nitrogen and oxygen atoms in total. The van der Waals surface area contributed by atoms with E-state index in [0.29, 0.717) is 0 Å². The van der Waals surface area contributed by atoms with Gasteiger partial charge in [0.2, 0.25) is 0 Å². The fourth-order valence-electron chi connectivity index (χ4n) is 4.41. The maximum absolute atomic E-state index is 11.0. The molecule has 174 valence electrons. The molecule has 8 heteroatoms. The lowest BCUT2D eigenvalue weighted by atomic mass is 10.2. The van der Waals surface area contributed by atoms with Crippen LogP contribution in [0.4, 0.5) is 0 Å². The van der Waals surface area contributed by atoms with Crippen molar-refractivity contribution in [2.45, 2.75) is 79.3 Å². The van der Waals surface area contributed by atoms with Crippen LogP contribution in [-0.4, -0.2) is 57.5 Å². The summed E-state index contributed by atoms with van der Waals surface area (Å²) in [6.45, 7) is 14.1. The minimum atomic E-state index is -0.0218. The Bertz CT molecular complexity index is 989. The first-order valence-electron chi connectivity index (χ1n) is 11.5. The van der Waals surface area contributed by atoms with Gasteiger partial charge >= 0.3 is 0 Å². The average molecular weight is 441 g/mol. The van der Waals surface area contributed by atoms with Gasteiger partial charge in [-0.25, -0.2) is 0 Å². The van der Waals surface area contributed by atoms with Gasteiger partial charge in [-0.1, -0.05) is 6.08 Å². The minimum Gasteiger partial charge on any atom is -0.301 e. The van der Waals surface area contributed by atoms with Crippen molar-refractivity contribution in [3.63, 3.8) is 0 Å². The van der Waals surface area contributed by atoms with Crippen LogP contribution in [0.15, 0.2) is 6.08 Å². The summed E-state index contributed by atoms with van der Waals surface area (Å²) in [4.78, 5) is 25.7. The van der Waals surface area contributed by atoms with E-state index in [1.807, 2.05) is 35.6 Å². The molecular weight excluding hydrogens is 404 g/mol. The lowest BCUT2D eigenvalue weighted by Crippen LogP contribution is -2.41. The average Bonchev–Trinajstić information content (AvgIpc) is 3.56. The van der Waals surface area contributed by atoms with E-state index >= 15 is 0 Å². The second kappa shape index (κ2) is 10.1. The molecule has 0 amide bonds. The maximum Gasteiger partial charge on any atom is 0.144 e. The number of rotatable bonds is 5. The fourth-order valence-corrected chi connectivity index (χ4v) is 4.41. The zero-order valence-corrected chi connectivity index (χ0v) is 20.2. The second-order valence-electron chi connectivity index (χ2n) is 8.69.